The number of ether oxygens (including phenoxy) is 1. The Morgan fingerprint density at radius 2 is 2.22 bits per heavy atom. The molecule has 100 valence electrons. The number of carbonyl (C=O) groups excluding carboxylic acids is 1. The van der Waals surface area contributed by atoms with Gasteiger partial charge in [0.15, 0.2) is 5.60 Å². The van der Waals surface area contributed by atoms with Crippen molar-refractivity contribution in [3.63, 3.8) is 0 Å². The smallest absolute Gasteiger partial charge is 0.338 e. The summed E-state index contributed by atoms with van der Waals surface area (Å²) >= 11 is 0. The Balaban J connectivity index is 3.01. The van der Waals surface area contributed by atoms with Gasteiger partial charge in [0.05, 0.1) is 12.8 Å². The molecule has 1 heterocycles. The van der Waals surface area contributed by atoms with Crippen LogP contribution in [0.2, 0.25) is 0 Å². The van der Waals surface area contributed by atoms with Crippen molar-refractivity contribution in [3.05, 3.63) is 29.8 Å². The summed E-state index contributed by atoms with van der Waals surface area (Å²) in [5, 5.41) is 10.3. The molecule has 1 aromatic rings. The average molecular weight is 255 g/mol. The van der Waals surface area contributed by atoms with Gasteiger partial charge in [-0.3, -0.25) is 4.98 Å². The second-order valence-corrected chi connectivity index (χ2v) is 4.23. The molecule has 0 radical (unpaired) electrons. The highest BCUT2D eigenvalue weighted by Gasteiger charge is 2.41. The van der Waals surface area contributed by atoms with Crippen molar-refractivity contribution < 1.29 is 19.0 Å². The van der Waals surface area contributed by atoms with Gasteiger partial charge in [-0.25, -0.2) is 9.18 Å². The van der Waals surface area contributed by atoms with Gasteiger partial charge in [0, 0.05) is 11.6 Å². The zero-order valence-corrected chi connectivity index (χ0v) is 10.8. The Morgan fingerprint density at radius 3 is 2.67 bits per heavy atom. The number of aliphatic hydroxyl groups is 1. The van der Waals surface area contributed by atoms with Crippen LogP contribution in [0.5, 0.6) is 0 Å². The monoisotopic (exact) mass is 255 g/mol. The van der Waals surface area contributed by atoms with E-state index in [2.05, 4.69) is 4.98 Å². The minimum Gasteiger partial charge on any atom is -0.464 e. The van der Waals surface area contributed by atoms with Crippen molar-refractivity contribution in [1.82, 2.24) is 4.98 Å². The zero-order valence-electron chi connectivity index (χ0n) is 10.8. The largest absolute Gasteiger partial charge is 0.464 e. The number of rotatable bonds is 5. The maximum absolute atomic E-state index is 12.8. The van der Waals surface area contributed by atoms with Gasteiger partial charge >= 0.3 is 5.97 Å². The van der Waals surface area contributed by atoms with E-state index in [9.17, 15) is 14.3 Å². The summed E-state index contributed by atoms with van der Waals surface area (Å²) in [5.74, 6) is -1.68. The first-order valence-corrected chi connectivity index (χ1v) is 5.94. The van der Waals surface area contributed by atoms with Crippen LogP contribution in [0.1, 0.15) is 38.8 Å². The first-order valence-electron chi connectivity index (χ1n) is 5.94. The number of hydrogen-bond acceptors (Lipinski definition) is 4. The van der Waals surface area contributed by atoms with Crippen LogP contribution < -0.4 is 0 Å². The topological polar surface area (TPSA) is 59.4 Å². The summed E-state index contributed by atoms with van der Waals surface area (Å²) in [5.41, 5.74) is -1.20. The van der Waals surface area contributed by atoms with Crippen LogP contribution in [0.15, 0.2) is 18.3 Å². The third kappa shape index (κ3) is 3.04. The third-order valence-electron chi connectivity index (χ3n) is 2.88. The molecule has 1 rings (SSSR count). The van der Waals surface area contributed by atoms with Crippen molar-refractivity contribution in [2.45, 2.75) is 38.7 Å². The van der Waals surface area contributed by atoms with E-state index >= 15 is 0 Å². The molecule has 0 aliphatic heterocycles. The minimum absolute atomic E-state index is 0.197. The van der Waals surface area contributed by atoms with Gasteiger partial charge in [-0.15, -0.1) is 0 Å². The van der Waals surface area contributed by atoms with Gasteiger partial charge < -0.3 is 9.84 Å². The van der Waals surface area contributed by atoms with Gasteiger partial charge in [-0.1, -0.05) is 6.92 Å². The second-order valence-electron chi connectivity index (χ2n) is 4.23. The summed E-state index contributed by atoms with van der Waals surface area (Å²) < 4.78 is 17.7. The molecule has 4 nitrogen and oxygen atoms in total. The van der Waals surface area contributed by atoms with Crippen LogP contribution in [-0.4, -0.2) is 28.3 Å². The number of hydrogen-bond donors (Lipinski definition) is 1. The maximum Gasteiger partial charge on any atom is 0.338 e. The van der Waals surface area contributed by atoms with Crippen molar-refractivity contribution in [1.29, 1.82) is 0 Å². The summed E-state index contributed by atoms with van der Waals surface area (Å²) in [7, 11) is 0. The van der Waals surface area contributed by atoms with Gasteiger partial charge in [0.2, 0.25) is 0 Å². The number of carbonyl (C=O) groups is 1. The summed E-state index contributed by atoms with van der Waals surface area (Å²) in [6, 6.07) is 2.73. The van der Waals surface area contributed by atoms with E-state index in [4.69, 9.17) is 4.74 Å². The SMILES string of the molecule is CCOC(=O)C(C)(O)C(CC)c1ccc(F)cn1. The molecule has 2 unspecified atom stereocenters. The quantitative estimate of drug-likeness (QED) is 0.818. The molecule has 5 heteroatoms. The first-order chi connectivity index (χ1) is 8.43. The van der Waals surface area contributed by atoms with Crippen LogP contribution in [0.3, 0.4) is 0 Å². The number of pyridine rings is 1. The molecule has 0 amide bonds. The highest BCUT2D eigenvalue weighted by molar-refractivity contribution is 5.80. The van der Waals surface area contributed by atoms with Crippen molar-refractivity contribution in [2.24, 2.45) is 0 Å². The Labute approximate surface area is 106 Å². The van der Waals surface area contributed by atoms with Crippen LogP contribution in [-0.2, 0) is 9.53 Å². The predicted molar refractivity (Wildman–Crippen MR) is 64.5 cm³/mol. The normalized spacial score (nSPS) is 15.8. The molecule has 0 aromatic carbocycles. The molecule has 0 spiro atoms. The van der Waals surface area contributed by atoms with Crippen molar-refractivity contribution in [2.75, 3.05) is 6.61 Å². The lowest BCUT2D eigenvalue weighted by atomic mass is 9.84. The number of esters is 1. The Hall–Kier alpha value is -1.49. The number of halogens is 1. The summed E-state index contributed by atoms with van der Waals surface area (Å²) in [4.78, 5) is 15.6. The molecule has 0 bridgehead atoms. The predicted octanol–water partition coefficient (Wildman–Crippen LogP) is 2.03. The van der Waals surface area contributed by atoms with E-state index in [1.807, 2.05) is 6.92 Å². The molecule has 1 aromatic heterocycles. The first kappa shape index (κ1) is 14.6. The van der Waals surface area contributed by atoms with Gasteiger partial charge in [-0.05, 0) is 32.4 Å². The molecule has 1 N–H and O–H groups in total. The van der Waals surface area contributed by atoms with Crippen LogP contribution in [0, 0.1) is 5.82 Å². The Morgan fingerprint density at radius 1 is 1.56 bits per heavy atom. The van der Waals surface area contributed by atoms with E-state index in [1.54, 1.807) is 6.92 Å². The molecule has 0 aliphatic carbocycles. The van der Waals surface area contributed by atoms with E-state index in [0.29, 0.717) is 12.1 Å². The third-order valence-corrected chi connectivity index (χ3v) is 2.88. The minimum atomic E-state index is -1.67. The van der Waals surface area contributed by atoms with Crippen LogP contribution in [0.25, 0.3) is 0 Å². The van der Waals surface area contributed by atoms with E-state index in [-0.39, 0.29) is 6.61 Å². The number of aromatic nitrogens is 1. The molecule has 0 saturated heterocycles. The maximum atomic E-state index is 12.8. The molecule has 0 aliphatic rings. The zero-order chi connectivity index (χ0) is 13.8. The molecule has 2 atom stereocenters. The summed E-state index contributed by atoms with van der Waals surface area (Å²) in [6.07, 6.45) is 1.56. The van der Waals surface area contributed by atoms with Gasteiger partial charge in [-0.2, -0.15) is 0 Å². The van der Waals surface area contributed by atoms with E-state index in [1.165, 1.54) is 19.1 Å². The second kappa shape index (κ2) is 5.91. The van der Waals surface area contributed by atoms with E-state index in [0.717, 1.165) is 6.20 Å². The molecular weight excluding hydrogens is 237 g/mol. The summed E-state index contributed by atoms with van der Waals surface area (Å²) in [6.45, 7) is 5.08. The highest BCUT2D eigenvalue weighted by Crippen LogP contribution is 2.31. The fourth-order valence-electron chi connectivity index (χ4n) is 1.91. The Bertz CT molecular complexity index is 403. The Kier molecular flexibility index (Phi) is 4.78. The lowest BCUT2D eigenvalue weighted by Crippen LogP contribution is -2.43. The van der Waals surface area contributed by atoms with Gasteiger partial charge in [0.25, 0.3) is 0 Å². The molecular formula is C13H18FNO3. The lowest BCUT2D eigenvalue weighted by Gasteiger charge is -2.29. The lowest BCUT2D eigenvalue weighted by molar-refractivity contribution is -0.165. The van der Waals surface area contributed by atoms with Crippen LogP contribution in [0.4, 0.5) is 4.39 Å². The number of nitrogens with zero attached hydrogens (tertiary/aromatic N) is 1. The molecule has 0 fully saturated rings. The van der Waals surface area contributed by atoms with Crippen LogP contribution >= 0.6 is 0 Å². The average Bonchev–Trinajstić information content (AvgIpc) is 2.32. The van der Waals surface area contributed by atoms with E-state index < -0.39 is 23.3 Å². The molecule has 0 saturated carbocycles. The fraction of sp³-hybridized carbons (Fsp3) is 0.538. The fourth-order valence-corrected chi connectivity index (χ4v) is 1.91. The van der Waals surface area contributed by atoms with Crippen molar-refractivity contribution >= 4 is 5.97 Å². The standard InChI is InChI=1S/C13H18FNO3/c1-4-10(11-7-6-9(14)8-15-11)13(3,17)12(16)18-5-2/h6-8,10,17H,4-5H2,1-3H3. The van der Waals surface area contributed by atoms with Gasteiger partial charge in [0.1, 0.15) is 5.82 Å². The van der Waals surface area contributed by atoms with Crippen molar-refractivity contribution in [3.8, 4) is 0 Å². The molecule has 18 heavy (non-hydrogen) atoms. The highest BCUT2D eigenvalue weighted by atomic mass is 19.1.